The van der Waals surface area contributed by atoms with Crippen LogP contribution in [0.4, 0.5) is 0 Å². The minimum Gasteiger partial charge on any atom is -0.506 e. The van der Waals surface area contributed by atoms with Crippen molar-refractivity contribution in [1.82, 2.24) is 4.57 Å². The molecule has 1 heterocycles. The van der Waals surface area contributed by atoms with Gasteiger partial charge in [-0.05, 0) is 12.1 Å². The van der Waals surface area contributed by atoms with Gasteiger partial charge < -0.3 is 9.67 Å². The topological polar surface area (TPSA) is 25.2 Å². The number of hydrogen-bond acceptors (Lipinski definition) is 1. The highest BCUT2D eigenvalue weighted by atomic mass is 16.3. The highest BCUT2D eigenvalue weighted by molar-refractivity contribution is 5.86. The van der Waals surface area contributed by atoms with Crippen LogP contribution in [0.15, 0.2) is 30.5 Å². The zero-order valence-corrected chi connectivity index (χ0v) is 5.99. The van der Waals surface area contributed by atoms with Gasteiger partial charge in [0.2, 0.25) is 0 Å². The lowest BCUT2D eigenvalue weighted by atomic mass is 10.2. The Labute approximate surface area is 64.7 Å². The van der Waals surface area contributed by atoms with E-state index in [0.29, 0.717) is 0 Å². The van der Waals surface area contributed by atoms with Gasteiger partial charge in [0.05, 0.1) is 5.52 Å². The maximum Gasteiger partial charge on any atom is 0.141 e. The summed E-state index contributed by atoms with van der Waals surface area (Å²) in [6.45, 7) is 0. The number of benzene rings is 1. The van der Waals surface area contributed by atoms with Gasteiger partial charge in [0.1, 0.15) is 5.75 Å². The van der Waals surface area contributed by atoms with Gasteiger partial charge in [0, 0.05) is 18.6 Å². The van der Waals surface area contributed by atoms with Crippen molar-refractivity contribution in [2.24, 2.45) is 0 Å². The van der Waals surface area contributed by atoms with Crippen molar-refractivity contribution < 1.29 is 5.11 Å². The molecule has 0 saturated carbocycles. The number of para-hydroxylation sites is 1. The van der Waals surface area contributed by atoms with E-state index in [-0.39, 0.29) is 5.75 Å². The summed E-state index contributed by atoms with van der Waals surface area (Å²) in [4.78, 5) is 0. The summed E-state index contributed by atoms with van der Waals surface area (Å²) < 4.78 is 1.66. The fourth-order valence-corrected chi connectivity index (χ4v) is 1.23. The Morgan fingerprint density at radius 3 is 2.73 bits per heavy atom. The predicted octanol–water partition coefficient (Wildman–Crippen LogP) is 1.99. The molecule has 0 aliphatic heterocycles. The summed E-state index contributed by atoms with van der Waals surface area (Å²) in [5, 5.41) is 10.2. The van der Waals surface area contributed by atoms with E-state index in [4.69, 9.17) is 0 Å². The Morgan fingerprint density at radius 2 is 2.00 bits per heavy atom. The minimum atomic E-state index is 0.288. The van der Waals surface area contributed by atoms with Crippen molar-refractivity contribution in [3.8, 4) is 5.75 Å². The molecule has 2 heteroatoms. The summed E-state index contributed by atoms with van der Waals surface area (Å²) in [5.41, 5.74) is 0.949. The molecule has 11 heavy (non-hydrogen) atoms. The molecule has 0 aliphatic carbocycles. The lowest BCUT2D eigenvalue weighted by Gasteiger charge is -1.91. The van der Waals surface area contributed by atoms with E-state index in [2.05, 4.69) is 7.05 Å². The van der Waals surface area contributed by atoms with Crippen molar-refractivity contribution in [1.29, 1.82) is 0 Å². The third kappa shape index (κ3) is 0.792. The Balaban J connectivity index is 2.95. The average Bonchev–Trinajstić information content (AvgIpc) is 2.30. The van der Waals surface area contributed by atoms with E-state index in [1.54, 1.807) is 10.8 Å². The molecule has 1 aromatic heterocycles. The van der Waals surface area contributed by atoms with E-state index in [0.717, 1.165) is 10.9 Å². The second-order valence-electron chi connectivity index (χ2n) is 2.50. The second kappa shape index (κ2) is 2.02. The maximum atomic E-state index is 9.33. The number of aromatic nitrogens is 1. The summed E-state index contributed by atoms with van der Waals surface area (Å²) in [5.74, 6) is 0.288. The molecule has 0 bridgehead atoms. The molecule has 0 aliphatic rings. The molecular weight excluding hydrogens is 138 g/mol. The van der Waals surface area contributed by atoms with Crippen LogP contribution in [0.25, 0.3) is 10.9 Å². The molecule has 2 aromatic rings. The van der Waals surface area contributed by atoms with Crippen molar-refractivity contribution in [3.63, 3.8) is 0 Å². The molecule has 0 unspecified atom stereocenters. The summed E-state index contributed by atoms with van der Waals surface area (Å²) in [6.07, 6.45) is 1.60. The van der Waals surface area contributed by atoms with Crippen molar-refractivity contribution in [2.75, 3.05) is 0 Å². The highest BCUT2D eigenvalue weighted by Crippen LogP contribution is 2.25. The Hall–Kier alpha value is -1.44. The molecule has 1 N–H and O–H groups in total. The Kier molecular flexibility index (Phi) is 1.15. The number of nitrogens with zero attached hydrogens (tertiary/aromatic N) is 1. The first-order valence-electron chi connectivity index (χ1n) is 3.39. The quantitative estimate of drug-likeness (QED) is 0.604. The normalized spacial score (nSPS) is 10.6. The molecule has 2 rings (SSSR count). The first-order chi connectivity index (χ1) is 5.29. The van der Waals surface area contributed by atoms with Gasteiger partial charge in [0.25, 0.3) is 0 Å². The Bertz CT molecular complexity index is 353. The monoisotopic (exact) mass is 146 g/mol. The van der Waals surface area contributed by atoms with E-state index < -0.39 is 0 Å². The van der Waals surface area contributed by atoms with Gasteiger partial charge >= 0.3 is 0 Å². The first kappa shape index (κ1) is 6.28. The van der Waals surface area contributed by atoms with Gasteiger partial charge in [-0.15, -0.1) is 0 Å². The molecule has 0 saturated heterocycles. The van der Waals surface area contributed by atoms with Crippen LogP contribution in [-0.2, 0) is 0 Å². The molecule has 0 fully saturated rings. The van der Waals surface area contributed by atoms with Crippen LogP contribution < -0.4 is 0 Å². The predicted molar refractivity (Wildman–Crippen MR) is 44.4 cm³/mol. The highest BCUT2D eigenvalue weighted by Gasteiger charge is 2.01. The second-order valence-corrected chi connectivity index (χ2v) is 2.50. The molecule has 0 spiro atoms. The van der Waals surface area contributed by atoms with Gasteiger partial charge in [-0.1, -0.05) is 12.1 Å². The Morgan fingerprint density at radius 1 is 1.27 bits per heavy atom. The average molecular weight is 146 g/mol. The van der Waals surface area contributed by atoms with Gasteiger partial charge in [-0.25, -0.2) is 0 Å². The van der Waals surface area contributed by atoms with Crippen LogP contribution in [0, 0.1) is 7.05 Å². The molecule has 2 nitrogen and oxygen atoms in total. The van der Waals surface area contributed by atoms with Gasteiger partial charge in [0.15, 0.2) is 0 Å². The van der Waals surface area contributed by atoms with E-state index in [1.165, 1.54) is 0 Å². The standard InChI is InChI=1S/C9H8NO/c1-10-6-9(11)7-4-2-3-5-8(7)10/h2-6,11H,1H2. The number of aromatic hydroxyl groups is 1. The van der Waals surface area contributed by atoms with Gasteiger partial charge in [-0.3, -0.25) is 0 Å². The lowest BCUT2D eigenvalue weighted by Crippen LogP contribution is -1.78. The largest absolute Gasteiger partial charge is 0.506 e. The number of fused-ring (bicyclic) bond motifs is 1. The van der Waals surface area contributed by atoms with E-state index in [9.17, 15) is 5.11 Å². The summed E-state index contributed by atoms with van der Waals surface area (Å²) >= 11 is 0. The van der Waals surface area contributed by atoms with E-state index >= 15 is 0 Å². The van der Waals surface area contributed by atoms with Crippen LogP contribution in [0.2, 0.25) is 0 Å². The van der Waals surface area contributed by atoms with Crippen molar-refractivity contribution in [2.45, 2.75) is 0 Å². The zero-order chi connectivity index (χ0) is 7.84. The zero-order valence-electron chi connectivity index (χ0n) is 5.99. The molecule has 1 aromatic carbocycles. The van der Waals surface area contributed by atoms with Crippen LogP contribution in [0.3, 0.4) is 0 Å². The minimum absolute atomic E-state index is 0.288. The molecule has 0 atom stereocenters. The smallest absolute Gasteiger partial charge is 0.141 e. The first-order valence-corrected chi connectivity index (χ1v) is 3.39. The van der Waals surface area contributed by atoms with Crippen molar-refractivity contribution in [3.05, 3.63) is 37.5 Å². The number of rotatable bonds is 0. The maximum absolute atomic E-state index is 9.33. The fourth-order valence-electron chi connectivity index (χ4n) is 1.23. The molecule has 1 radical (unpaired) electrons. The summed E-state index contributed by atoms with van der Waals surface area (Å²) in [6, 6.07) is 7.60. The lowest BCUT2D eigenvalue weighted by molar-refractivity contribution is 0.480. The third-order valence-corrected chi connectivity index (χ3v) is 1.77. The van der Waals surface area contributed by atoms with Crippen LogP contribution in [0.1, 0.15) is 0 Å². The van der Waals surface area contributed by atoms with Crippen LogP contribution in [-0.4, -0.2) is 9.67 Å². The fraction of sp³-hybridized carbons (Fsp3) is 0. The SMILES string of the molecule is [CH2]n1cc(O)c2ccccc21. The molecule has 0 amide bonds. The number of hydrogen-bond donors (Lipinski definition) is 1. The third-order valence-electron chi connectivity index (χ3n) is 1.77. The molecular formula is C9H8NO. The van der Waals surface area contributed by atoms with E-state index in [1.807, 2.05) is 24.3 Å². The van der Waals surface area contributed by atoms with Crippen LogP contribution in [0.5, 0.6) is 5.75 Å². The van der Waals surface area contributed by atoms with Crippen molar-refractivity contribution >= 4 is 10.9 Å². The summed E-state index contributed by atoms with van der Waals surface area (Å²) in [7, 11) is 3.73. The molecule has 55 valence electrons. The van der Waals surface area contributed by atoms with Crippen LogP contribution >= 0.6 is 0 Å². The van der Waals surface area contributed by atoms with Gasteiger partial charge in [-0.2, -0.15) is 0 Å².